The predicted molar refractivity (Wildman–Crippen MR) is 84.8 cm³/mol. The minimum Gasteiger partial charge on any atom is -0.324 e. The molecule has 0 aromatic heterocycles. The van der Waals surface area contributed by atoms with Crippen LogP contribution in [-0.4, -0.2) is 30.1 Å². The van der Waals surface area contributed by atoms with Gasteiger partial charge >= 0.3 is 0 Å². The van der Waals surface area contributed by atoms with Crippen molar-refractivity contribution in [1.82, 2.24) is 4.90 Å². The van der Waals surface area contributed by atoms with Gasteiger partial charge in [-0.3, -0.25) is 0 Å². The molecule has 2 N–H and O–H groups in total. The van der Waals surface area contributed by atoms with E-state index in [4.69, 9.17) is 5.73 Å². The van der Waals surface area contributed by atoms with E-state index in [0.717, 1.165) is 12.5 Å². The summed E-state index contributed by atoms with van der Waals surface area (Å²) in [4.78, 5) is 2.61. The van der Waals surface area contributed by atoms with Crippen molar-refractivity contribution < 1.29 is 0 Å². The lowest BCUT2D eigenvalue weighted by molar-refractivity contribution is 0.154. The van der Waals surface area contributed by atoms with Crippen molar-refractivity contribution >= 4 is 0 Å². The van der Waals surface area contributed by atoms with E-state index in [2.05, 4.69) is 36.1 Å². The molecular weight excluding hydrogens is 244 g/mol. The molecule has 0 amide bonds. The highest BCUT2D eigenvalue weighted by atomic mass is 15.1. The normalized spacial score (nSPS) is 31.6. The third-order valence-electron chi connectivity index (χ3n) is 5.18. The fourth-order valence-corrected chi connectivity index (χ4v) is 4.16. The Bertz CT molecular complexity index is 429. The average Bonchev–Trinajstić information content (AvgIpc) is 2.61. The van der Waals surface area contributed by atoms with Gasteiger partial charge in [0.05, 0.1) is 0 Å². The van der Waals surface area contributed by atoms with E-state index < -0.39 is 0 Å². The van der Waals surface area contributed by atoms with Crippen LogP contribution in [0.2, 0.25) is 0 Å². The SMILES string of the molecule is CC1CCCC(N)(CN2CCc3ccccc3CC2)C1. The van der Waals surface area contributed by atoms with E-state index in [1.807, 2.05) is 0 Å². The van der Waals surface area contributed by atoms with Gasteiger partial charge in [0.1, 0.15) is 0 Å². The van der Waals surface area contributed by atoms with Crippen LogP contribution in [0, 0.1) is 5.92 Å². The molecule has 1 aromatic carbocycles. The Morgan fingerprint density at radius 2 is 1.85 bits per heavy atom. The van der Waals surface area contributed by atoms with Crippen LogP contribution >= 0.6 is 0 Å². The molecule has 1 aliphatic carbocycles. The molecule has 1 aliphatic heterocycles. The molecule has 2 atom stereocenters. The molecule has 20 heavy (non-hydrogen) atoms. The molecule has 110 valence electrons. The maximum Gasteiger partial charge on any atom is 0.0285 e. The van der Waals surface area contributed by atoms with Crippen molar-refractivity contribution in [3.8, 4) is 0 Å². The number of hydrogen-bond donors (Lipinski definition) is 1. The first-order valence-corrected chi connectivity index (χ1v) is 8.23. The van der Waals surface area contributed by atoms with Gasteiger partial charge in [-0.05, 0) is 42.7 Å². The lowest BCUT2D eigenvalue weighted by Crippen LogP contribution is -2.53. The Morgan fingerprint density at radius 1 is 1.20 bits per heavy atom. The second-order valence-corrected chi connectivity index (χ2v) is 7.11. The van der Waals surface area contributed by atoms with E-state index >= 15 is 0 Å². The second kappa shape index (κ2) is 5.87. The van der Waals surface area contributed by atoms with Crippen LogP contribution in [0.1, 0.15) is 43.7 Å². The van der Waals surface area contributed by atoms with Gasteiger partial charge in [-0.25, -0.2) is 0 Å². The Hall–Kier alpha value is -0.860. The molecule has 0 radical (unpaired) electrons. The molecule has 2 heteroatoms. The first-order chi connectivity index (χ1) is 9.65. The number of nitrogens with two attached hydrogens (primary N) is 1. The van der Waals surface area contributed by atoms with Gasteiger partial charge in [-0.15, -0.1) is 0 Å². The smallest absolute Gasteiger partial charge is 0.0285 e. The Kier molecular flexibility index (Phi) is 4.13. The van der Waals surface area contributed by atoms with E-state index in [9.17, 15) is 0 Å². The highest BCUT2D eigenvalue weighted by Crippen LogP contribution is 2.31. The summed E-state index contributed by atoms with van der Waals surface area (Å²) in [7, 11) is 0. The summed E-state index contributed by atoms with van der Waals surface area (Å²) >= 11 is 0. The number of benzene rings is 1. The summed E-state index contributed by atoms with van der Waals surface area (Å²) in [6, 6.07) is 8.92. The standard InChI is InChI=1S/C18H28N2/c1-15-5-4-10-18(19,13-15)14-20-11-8-16-6-2-3-7-17(16)9-12-20/h2-3,6-7,15H,4-5,8-14,19H2,1H3. The highest BCUT2D eigenvalue weighted by molar-refractivity contribution is 5.28. The molecule has 1 heterocycles. The third kappa shape index (κ3) is 3.24. The lowest BCUT2D eigenvalue weighted by atomic mass is 9.77. The molecule has 3 rings (SSSR count). The predicted octanol–water partition coefficient (Wildman–Crippen LogP) is 2.99. The van der Waals surface area contributed by atoms with E-state index in [0.29, 0.717) is 0 Å². The first-order valence-electron chi connectivity index (χ1n) is 8.23. The van der Waals surface area contributed by atoms with Gasteiger partial charge in [-0.2, -0.15) is 0 Å². The molecule has 2 aliphatic rings. The molecule has 1 fully saturated rings. The van der Waals surface area contributed by atoms with Crippen molar-refractivity contribution in [3.05, 3.63) is 35.4 Å². The van der Waals surface area contributed by atoms with Gasteiger partial charge in [-0.1, -0.05) is 44.0 Å². The highest BCUT2D eigenvalue weighted by Gasteiger charge is 2.33. The summed E-state index contributed by atoms with van der Waals surface area (Å²) in [5.41, 5.74) is 9.84. The first kappa shape index (κ1) is 14.1. The number of nitrogens with zero attached hydrogens (tertiary/aromatic N) is 1. The average molecular weight is 272 g/mol. The van der Waals surface area contributed by atoms with Crippen LogP contribution in [0.15, 0.2) is 24.3 Å². The maximum absolute atomic E-state index is 6.69. The van der Waals surface area contributed by atoms with Crippen molar-refractivity contribution in [2.75, 3.05) is 19.6 Å². The fraction of sp³-hybridized carbons (Fsp3) is 0.667. The van der Waals surface area contributed by atoms with Gasteiger partial charge in [0.25, 0.3) is 0 Å². The number of fused-ring (bicyclic) bond motifs is 1. The van der Waals surface area contributed by atoms with Gasteiger partial charge < -0.3 is 10.6 Å². The topological polar surface area (TPSA) is 29.3 Å². The van der Waals surface area contributed by atoms with Gasteiger partial charge in [0, 0.05) is 25.2 Å². The van der Waals surface area contributed by atoms with E-state index in [-0.39, 0.29) is 5.54 Å². The second-order valence-electron chi connectivity index (χ2n) is 7.11. The van der Waals surface area contributed by atoms with Crippen LogP contribution in [0.5, 0.6) is 0 Å². The minimum atomic E-state index is 0.0637. The van der Waals surface area contributed by atoms with Crippen LogP contribution in [0.4, 0.5) is 0 Å². The van der Waals surface area contributed by atoms with Crippen molar-refractivity contribution in [3.63, 3.8) is 0 Å². The fourth-order valence-electron chi connectivity index (χ4n) is 4.16. The molecule has 0 saturated heterocycles. The molecule has 0 bridgehead atoms. The quantitative estimate of drug-likeness (QED) is 0.897. The number of rotatable bonds is 2. The van der Waals surface area contributed by atoms with Gasteiger partial charge in [0.15, 0.2) is 0 Å². The van der Waals surface area contributed by atoms with Crippen molar-refractivity contribution in [1.29, 1.82) is 0 Å². The summed E-state index contributed by atoms with van der Waals surface area (Å²) in [5, 5.41) is 0. The Balaban J connectivity index is 1.62. The minimum absolute atomic E-state index is 0.0637. The maximum atomic E-state index is 6.69. The molecule has 1 saturated carbocycles. The molecule has 1 aromatic rings. The zero-order chi connectivity index (χ0) is 14.0. The zero-order valence-corrected chi connectivity index (χ0v) is 12.8. The largest absolute Gasteiger partial charge is 0.324 e. The lowest BCUT2D eigenvalue weighted by Gasteiger charge is -2.40. The van der Waals surface area contributed by atoms with Crippen LogP contribution in [0.25, 0.3) is 0 Å². The van der Waals surface area contributed by atoms with E-state index in [1.165, 1.54) is 62.7 Å². The van der Waals surface area contributed by atoms with E-state index in [1.54, 1.807) is 0 Å². The zero-order valence-electron chi connectivity index (χ0n) is 12.8. The summed E-state index contributed by atoms with van der Waals surface area (Å²) in [6.07, 6.45) is 7.46. The molecule has 2 nitrogen and oxygen atoms in total. The van der Waals surface area contributed by atoms with Crippen LogP contribution in [0.3, 0.4) is 0 Å². The third-order valence-corrected chi connectivity index (χ3v) is 5.18. The Labute approximate surface area is 123 Å². The summed E-state index contributed by atoms with van der Waals surface area (Å²) < 4.78 is 0. The molecule has 2 unspecified atom stereocenters. The summed E-state index contributed by atoms with van der Waals surface area (Å²) in [6.45, 7) is 5.79. The van der Waals surface area contributed by atoms with Crippen molar-refractivity contribution in [2.24, 2.45) is 11.7 Å². The number of hydrogen-bond acceptors (Lipinski definition) is 2. The van der Waals surface area contributed by atoms with Gasteiger partial charge in [0.2, 0.25) is 0 Å². The van der Waals surface area contributed by atoms with Crippen molar-refractivity contribution in [2.45, 2.75) is 51.0 Å². The van der Waals surface area contributed by atoms with Crippen LogP contribution in [-0.2, 0) is 12.8 Å². The Morgan fingerprint density at radius 3 is 2.45 bits per heavy atom. The summed E-state index contributed by atoms with van der Waals surface area (Å²) in [5.74, 6) is 0.804. The monoisotopic (exact) mass is 272 g/mol. The molecular formula is C18H28N2. The van der Waals surface area contributed by atoms with Crippen LogP contribution < -0.4 is 5.73 Å². The molecule has 0 spiro atoms.